The van der Waals surface area contributed by atoms with Crippen molar-refractivity contribution in [2.45, 2.75) is 24.6 Å². The molecule has 0 aliphatic carbocycles. The second-order valence-electron chi connectivity index (χ2n) is 2.85. The van der Waals surface area contributed by atoms with E-state index in [2.05, 4.69) is 4.74 Å². The number of rotatable bonds is 2. The number of hydrogen-bond acceptors (Lipinski definition) is 2. The molecule has 0 bridgehead atoms. The number of hydrogen-bond donors (Lipinski definition) is 1. The van der Waals surface area contributed by atoms with Gasteiger partial charge >= 0.3 is 18.2 Å². The molecule has 0 saturated carbocycles. The summed E-state index contributed by atoms with van der Waals surface area (Å²) in [5.74, 6) is -4.81. The van der Waals surface area contributed by atoms with Crippen LogP contribution in [0.3, 0.4) is 0 Å². The van der Waals surface area contributed by atoms with E-state index in [1.165, 1.54) is 0 Å². The summed E-state index contributed by atoms with van der Waals surface area (Å²) in [7, 11) is 0. The second-order valence-corrected chi connectivity index (χ2v) is 2.85. The highest BCUT2D eigenvalue weighted by atomic mass is 19.4. The molecule has 1 aliphatic heterocycles. The molecule has 8 heteroatoms. The minimum Gasteiger partial charge on any atom is -0.447 e. The van der Waals surface area contributed by atoms with Crippen molar-refractivity contribution in [2.24, 2.45) is 0 Å². The lowest BCUT2D eigenvalue weighted by molar-refractivity contribution is -0.285. The van der Waals surface area contributed by atoms with E-state index >= 15 is 0 Å². The van der Waals surface area contributed by atoms with Crippen molar-refractivity contribution in [1.29, 1.82) is 0 Å². The molecule has 82 valence electrons. The van der Waals surface area contributed by atoms with E-state index in [-0.39, 0.29) is 0 Å². The summed E-state index contributed by atoms with van der Waals surface area (Å²) >= 11 is 0. The van der Waals surface area contributed by atoms with E-state index in [1.54, 1.807) is 0 Å². The monoisotopic (exact) mass is 219 g/mol. The second kappa shape index (κ2) is 3.25. The highest BCUT2D eigenvalue weighted by Gasteiger charge is 2.58. The molecular formula is C6H6F5NO2. The average Bonchev–Trinajstić information content (AvgIpc) is 2.31. The molecule has 1 atom stereocenters. The first-order valence-corrected chi connectivity index (χ1v) is 3.60. The van der Waals surface area contributed by atoms with Gasteiger partial charge in [0.1, 0.15) is 6.61 Å². The van der Waals surface area contributed by atoms with Gasteiger partial charge in [0, 0.05) is 6.42 Å². The van der Waals surface area contributed by atoms with Crippen LogP contribution in [0, 0.1) is 0 Å². The van der Waals surface area contributed by atoms with Crippen LogP contribution in [0.5, 0.6) is 0 Å². The summed E-state index contributed by atoms with van der Waals surface area (Å²) in [4.78, 5) is 10.3. The number of cyclic esters (lactones) is 1. The summed E-state index contributed by atoms with van der Waals surface area (Å²) in [6.07, 6.45) is -8.07. The molecule has 1 amide bonds. The molecule has 0 aromatic rings. The standard InChI is InChI=1S/C6H6F5NO2/c7-5(8,6(9,10)11)1-3-2-14-4(13)12-3/h3H,1-2H2,(H,12,13). The molecule has 1 N–H and O–H groups in total. The smallest absolute Gasteiger partial charge is 0.447 e. The van der Waals surface area contributed by atoms with E-state index < -0.39 is 37.3 Å². The van der Waals surface area contributed by atoms with Gasteiger partial charge in [0.25, 0.3) is 0 Å². The molecule has 0 aromatic carbocycles. The Bertz CT molecular complexity index is 239. The molecule has 14 heavy (non-hydrogen) atoms. The maximum Gasteiger partial charge on any atom is 0.453 e. The number of halogens is 5. The van der Waals surface area contributed by atoms with Crippen LogP contribution in [-0.4, -0.2) is 30.8 Å². The van der Waals surface area contributed by atoms with Crippen LogP contribution in [0.25, 0.3) is 0 Å². The lowest BCUT2D eigenvalue weighted by Crippen LogP contribution is -2.42. The number of nitrogens with one attached hydrogen (secondary N) is 1. The van der Waals surface area contributed by atoms with Crippen molar-refractivity contribution < 1.29 is 31.5 Å². The van der Waals surface area contributed by atoms with Crippen LogP contribution in [0.1, 0.15) is 6.42 Å². The summed E-state index contributed by atoms with van der Waals surface area (Å²) in [5.41, 5.74) is 0. The van der Waals surface area contributed by atoms with Crippen LogP contribution in [-0.2, 0) is 4.74 Å². The molecule has 1 unspecified atom stereocenters. The van der Waals surface area contributed by atoms with Crippen LogP contribution >= 0.6 is 0 Å². The van der Waals surface area contributed by atoms with Gasteiger partial charge in [-0.15, -0.1) is 0 Å². The third kappa shape index (κ3) is 2.24. The van der Waals surface area contributed by atoms with Crippen molar-refractivity contribution in [2.75, 3.05) is 6.61 Å². The third-order valence-electron chi connectivity index (χ3n) is 1.66. The SMILES string of the molecule is O=C1NC(CC(F)(F)C(F)(F)F)CO1. The van der Waals surface area contributed by atoms with E-state index in [0.29, 0.717) is 0 Å². The minimum absolute atomic E-state index is 0.468. The van der Waals surface area contributed by atoms with E-state index in [1.807, 2.05) is 5.32 Å². The third-order valence-corrected chi connectivity index (χ3v) is 1.66. The lowest BCUT2D eigenvalue weighted by atomic mass is 10.1. The molecule has 0 aromatic heterocycles. The Balaban J connectivity index is 2.55. The van der Waals surface area contributed by atoms with E-state index in [9.17, 15) is 26.7 Å². The highest BCUT2D eigenvalue weighted by Crippen LogP contribution is 2.39. The zero-order valence-electron chi connectivity index (χ0n) is 6.70. The molecule has 3 nitrogen and oxygen atoms in total. The first kappa shape index (κ1) is 11.0. The molecular weight excluding hydrogens is 213 g/mol. The fourth-order valence-corrected chi connectivity index (χ4v) is 0.961. The summed E-state index contributed by atoms with van der Waals surface area (Å²) in [5, 5.41) is 1.84. The largest absolute Gasteiger partial charge is 0.453 e. The quantitative estimate of drug-likeness (QED) is 0.717. The van der Waals surface area contributed by atoms with Crippen molar-refractivity contribution >= 4 is 6.09 Å². The van der Waals surface area contributed by atoms with Crippen molar-refractivity contribution in [1.82, 2.24) is 5.32 Å². The number of amides is 1. The maximum absolute atomic E-state index is 12.4. The number of alkyl carbamates (subject to hydrolysis) is 1. The summed E-state index contributed by atoms with van der Waals surface area (Å²) in [6.45, 7) is -0.468. The van der Waals surface area contributed by atoms with Crippen molar-refractivity contribution in [3.63, 3.8) is 0 Å². The first-order chi connectivity index (χ1) is 6.22. The molecule has 0 spiro atoms. The van der Waals surface area contributed by atoms with Crippen molar-refractivity contribution in [3.05, 3.63) is 0 Å². The fraction of sp³-hybridized carbons (Fsp3) is 0.833. The van der Waals surface area contributed by atoms with Crippen molar-refractivity contribution in [3.8, 4) is 0 Å². The van der Waals surface area contributed by atoms with E-state index in [4.69, 9.17) is 0 Å². The topological polar surface area (TPSA) is 38.3 Å². The first-order valence-electron chi connectivity index (χ1n) is 3.60. The zero-order chi connectivity index (χ0) is 11.0. The Morgan fingerprint density at radius 3 is 2.29 bits per heavy atom. The van der Waals surface area contributed by atoms with Gasteiger partial charge in [0.2, 0.25) is 0 Å². The van der Waals surface area contributed by atoms with Crippen LogP contribution in [0.15, 0.2) is 0 Å². The van der Waals surface area contributed by atoms with Crippen LogP contribution in [0.4, 0.5) is 26.7 Å². The van der Waals surface area contributed by atoms with Gasteiger partial charge in [-0.1, -0.05) is 0 Å². The van der Waals surface area contributed by atoms with Gasteiger partial charge in [-0.05, 0) is 0 Å². The molecule has 1 aliphatic rings. The maximum atomic E-state index is 12.4. The predicted molar refractivity (Wildman–Crippen MR) is 33.9 cm³/mol. The highest BCUT2D eigenvalue weighted by molar-refractivity contribution is 5.69. The normalized spacial score (nSPS) is 23.2. The van der Waals surface area contributed by atoms with Gasteiger partial charge in [0.15, 0.2) is 0 Å². The minimum atomic E-state index is -5.60. The number of carbonyl (C=O) groups excluding carboxylic acids is 1. The van der Waals surface area contributed by atoms with Gasteiger partial charge in [-0.2, -0.15) is 22.0 Å². The Hall–Kier alpha value is -1.08. The van der Waals surface area contributed by atoms with Gasteiger partial charge in [-0.3, -0.25) is 0 Å². The molecule has 1 rings (SSSR count). The predicted octanol–water partition coefficient (Wildman–Crippen LogP) is 1.68. The van der Waals surface area contributed by atoms with Crippen LogP contribution < -0.4 is 5.32 Å². The van der Waals surface area contributed by atoms with Crippen LogP contribution in [0.2, 0.25) is 0 Å². The Kier molecular flexibility index (Phi) is 2.55. The summed E-state index contributed by atoms with van der Waals surface area (Å²) < 4.78 is 64.0. The Morgan fingerprint density at radius 1 is 1.36 bits per heavy atom. The molecule has 1 fully saturated rings. The number of carbonyl (C=O) groups is 1. The van der Waals surface area contributed by atoms with Gasteiger partial charge < -0.3 is 10.1 Å². The average molecular weight is 219 g/mol. The molecule has 1 heterocycles. The summed E-state index contributed by atoms with van der Waals surface area (Å²) in [6, 6.07) is -1.29. The Morgan fingerprint density at radius 2 is 1.93 bits per heavy atom. The number of alkyl halides is 5. The Labute approximate surface area is 75.2 Å². The number of ether oxygens (including phenoxy) is 1. The fourth-order valence-electron chi connectivity index (χ4n) is 0.961. The molecule has 0 radical (unpaired) electrons. The van der Waals surface area contributed by atoms with E-state index in [0.717, 1.165) is 0 Å². The zero-order valence-corrected chi connectivity index (χ0v) is 6.70. The van der Waals surface area contributed by atoms with Gasteiger partial charge in [0.05, 0.1) is 6.04 Å². The molecule has 1 saturated heterocycles. The lowest BCUT2D eigenvalue weighted by Gasteiger charge is -2.21. The van der Waals surface area contributed by atoms with Gasteiger partial charge in [-0.25, -0.2) is 4.79 Å².